The number of para-hydroxylation sites is 1. The summed E-state index contributed by atoms with van der Waals surface area (Å²) in [4.78, 5) is 27.0. The number of esters is 1. The number of methoxy groups -OCH3 is 1. The van der Waals surface area contributed by atoms with E-state index in [0.717, 1.165) is 42.8 Å². The Morgan fingerprint density at radius 2 is 2.00 bits per heavy atom. The third-order valence-corrected chi connectivity index (χ3v) is 5.84. The van der Waals surface area contributed by atoms with Crippen molar-refractivity contribution in [3.05, 3.63) is 63.2 Å². The van der Waals surface area contributed by atoms with Gasteiger partial charge in [0.15, 0.2) is 5.76 Å². The van der Waals surface area contributed by atoms with Gasteiger partial charge in [-0.1, -0.05) is 24.6 Å². The molecule has 31 heavy (non-hydrogen) atoms. The van der Waals surface area contributed by atoms with E-state index in [-0.39, 0.29) is 18.8 Å². The van der Waals surface area contributed by atoms with E-state index in [9.17, 15) is 14.7 Å². The summed E-state index contributed by atoms with van der Waals surface area (Å²) in [7, 11) is 1.31. The van der Waals surface area contributed by atoms with Crippen molar-refractivity contribution in [2.75, 3.05) is 26.8 Å². The van der Waals surface area contributed by atoms with Crippen molar-refractivity contribution in [3.8, 4) is 11.5 Å². The summed E-state index contributed by atoms with van der Waals surface area (Å²) in [5, 5.41) is 10.6. The number of benzene rings is 1. The average Bonchev–Trinajstić information content (AvgIpc) is 2.80. The van der Waals surface area contributed by atoms with Crippen LogP contribution in [0, 0.1) is 0 Å². The molecule has 4 rings (SSSR count). The molecule has 1 aromatic carbocycles. The maximum absolute atomic E-state index is 12.5. The maximum Gasteiger partial charge on any atom is 0.306 e. The van der Waals surface area contributed by atoms with Crippen LogP contribution in [0.25, 0.3) is 6.08 Å². The number of nitrogens with zero attached hydrogens (tertiary/aromatic N) is 1. The van der Waals surface area contributed by atoms with Gasteiger partial charge in [-0.15, -0.1) is 0 Å². The fraction of sp³-hybridized carbons (Fsp3) is 0.417. The van der Waals surface area contributed by atoms with Crippen LogP contribution in [0.3, 0.4) is 0 Å². The van der Waals surface area contributed by atoms with E-state index < -0.39 is 23.1 Å². The molecule has 1 saturated heterocycles. The lowest BCUT2D eigenvalue weighted by Crippen LogP contribution is -2.29. The molecule has 0 aliphatic carbocycles. The van der Waals surface area contributed by atoms with E-state index in [1.54, 1.807) is 0 Å². The number of likely N-dealkylation sites (tertiary alicyclic amines) is 1. The summed E-state index contributed by atoms with van der Waals surface area (Å²) in [5.74, 6) is -0.307. The zero-order chi connectivity index (χ0) is 21.8. The standard InChI is InChI=1S/C24H27NO6/c1-29-22(27)13-19(17-11-16-7-3-4-8-21(16)30-15-17)24-23(28)20(26)12-18(31-24)14-25-9-5-2-6-10-25/h3-4,7-8,11-12,19,28H,2,5-6,9-10,13-15H2,1H3/t19-/m1/s1. The van der Waals surface area contributed by atoms with Gasteiger partial charge in [0.2, 0.25) is 11.2 Å². The predicted octanol–water partition coefficient (Wildman–Crippen LogP) is 3.45. The van der Waals surface area contributed by atoms with Gasteiger partial charge in [0.25, 0.3) is 0 Å². The minimum Gasteiger partial charge on any atom is -0.502 e. The van der Waals surface area contributed by atoms with Crippen molar-refractivity contribution in [1.29, 1.82) is 0 Å². The predicted molar refractivity (Wildman–Crippen MR) is 115 cm³/mol. The number of fused-ring (bicyclic) bond motifs is 1. The van der Waals surface area contributed by atoms with Crippen LogP contribution in [-0.4, -0.2) is 42.8 Å². The van der Waals surface area contributed by atoms with Crippen molar-refractivity contribution in [3.63, 3.8) is 0 Å². The van der Waals surface area contributed by atoms with Crippen molar-refractivity contribution < 1.29 is 23.8 Å². The highest BCUT2D eigenvalue weighted by Gasteiger charge is 2.30. The van der Waals surface area contributed by atoms with Gasteiger partial charge in [-0.3, -0.25) is 14.5 Å². The minimum absolute atomic E-state index is 0.0719. The molecule has 1 N–H and O–H groups in total. The third-order valence-electron chi connectivity index (χ3n) is 5.84. The van der Waals surface area contributed by atoms with Gasteiger partial charge in [-0.25, -0.2) is 0 Å². The first kappa shape index (κ1) is 21.2. The van der Waals surface area contributed by atoms with E-state index in [4.69, 9.17) is 13.9 Å². The maximum atomic E-state index is 12.5. The van der Waals surface area contributed by atoms with Gasteiger partial charge in [0.05, 0.1) is 26.0 Å². The van der Waals surface area contributed by atoms with Gasteiger partial charge < -0.3 is 19.0 Å². The van der Waals surface area contributed by atoms with Crippen LogP contribution in [0.2, 0.25) is 0 Å². The van der Waals surface area contributed by atoms with Crippen LogP contribution in [-0.2, 0) is 16.1 Å². The fourth-order valence-electron chi connectivity index (χ4n) is 4.18. The molecule has 1 aromatic heterocycles. The van der Waals surface area contributed by atoms with Gasteiger partial charge in [-0.05, 0) is 43.6 Å². The van der Waals surface area contributed by atoms with E-state index in [1.807, 2.05) is 30.3 Å². The first-order valence-corrected chi connectivity index (χ1v) is 10.6. The number of ether oxygens (including phenoxy) is 2. The lowest BCUT2D eigenvalue weighted by atomic mass is 9.89. The number of rotatable bonds is 6. The summed E-state index contributed by atoms with van der Waals surface area (Å²) >= 11 is 0. The molecule has 0 unspecified atom stereocenters. The minimum atomic E-state index is -0.671. The van der Waals surface area contributed by atoms with Gasteiger partial charge in [0.1, 0.15) is 18.1 Å². The molecule has 1 atom stereocenters. The first-order chi connectivity index (χ1) is 15.0. The lowest BCUT2D eigenvalue weighted by Gasteiger charge is -2.27. The van der Waals surface area contributed by atoms with Crippen LogP contribution >= 0.6 is 0 Å². The highest BCUT2D eigenvalue weighted by Crippen LogP contribution is 2.38. The number of carbonyl (C=O) groups excluding carboxylic acids is 1. The van der Waals surface area contributed by atoms with Crippen LogP contribution in [0.4, 0.5) is 0 Å². The van der Waals surface area contributed by atoms with E-state index in [2.05, 4.69) is 4.90 Å². The van der Waals surface area contributed by atoms with Crippen LogP contribution in [0.15, 0.2) is 45.1 Å². The Morgan fingerprint density at radius 1 is 1.23 bits per heavy atom. The Bertz CT molecular complexity index is 1030. The second kappa shape index (κ2) is 9.39. The molecule has 2 aromatic rings. The van der Waals surface area contributed by atoms with Crippen molar-refractivity contribution in [2.24, 2.45) is 0 Å². The molecule has 0 amide bonds. The van der Waals surface area contributed by atoms with Gasteiger partial charge >= 0.3 is 5.97 Å². The second-order valence-corrected chi connectivity index (χ2v) is 8.01. The van der Waals surface area contributed by atoms with E-state index in [0.29, 0.717) is 12.3 Å². The van der Waals surface area contributed by atoms with E-state index >= 15 is 0 Å². The highest BCUT2D eigenvalue weighted by atomic mass is 16.5. The van der Waals surface area contributed by atoms with Gasteiger partial charge in [-0.2, -0.15) is 0 Å². The molecule has 7 heteroatoms. The second-order valence-electron chi connectivity index (χ2n) is 8.01. The molecule has 0 radical (unpaired) electrons. The summed E-state index contributed by atoms with van der Waals surface area (Å²) in [6.45, 7) is 2.60. The SMILES string of the molecule is COC(=O)C[C@H](C1=Cc2ccccc2OC1)c1oc(CN2CCCCC2)cc(=O)c1O. The molecule has 0 bridgehead atoms. The van der Waals surface area contributed by atoms with Crippen LogP contribution < -0.4 is 10.2 Å². The summed E-state index contributed by atoms with van der Waals surface area (Å²) in [6, 6.07) is 8.90. The summed E-state index contributed by atoms with van der Waals surface area (Å²) < 4.78 is 16.8. The Kier molecular flexibility index (Phi) is 6.42. The first-order valence-electron chi connectivity index (χ1n) is 10.6. The summed E-state index contributed by atoms with van der Waals surface area (Å²) in [5.41, 5.74) is 1.09. The molecular weight excluding hydrogens is 398 g/mol. The zero-order valence-electron chi connectivity index (χ0n) is 17.6. The number of carbonyl (C=O) groups is 1. The quantitative estimate of drug-likeness (QED) is 0.709. The molecule has 0 saturated carbocycles. The zero-order valence-corrected chi connectivity index (χ0v) is 17.6. The third kappa shape index (κ3) is 4.82. The number of hydrogen-bond acceptors (Lipinski definition) is 7. The molecule has 3 heterocycles. The Morgan fingerprint density at radius 3 is 2.77 bits per heavy atom. The molecule has 2 aliphatic heterocycles. The number of piperidine rings is 1. The smallest absolute Gasteiger partial charge is 0.306 e. The van der Waals surface area contributed by atoms with Crippen LogP contribution in [0.1, 0.15) is 48.7 Å². The topological polar surface area (TPSA) is 89.2 Å². The molecule has 164 valence electrons. The molecule has 1 fully saturated rings. The van der Waals surface area contributed by atoms with Gasteiger partial charge in [0, 0.05) is 11.6 Å². The number of aromatic hydroxyl groups is 1. The molecule has 2 aliphatic rings. The Labute approximate surface area is 180 Å². The van der Waals surface area contributed by atoms with E-state index in [1.165, 1.54) is 19.6 Å². The molecule has 0 spiro atoms. The molecular formula is C24H27NO6. The highest BCUT2D eigenvalue weighted by molar-refractivity contribution is 5.73. The normalized spacial score (nSPS) is 17.3. The van der Waals surface area contributed by atoms with Crippen LogP contribution in [0.5, 0.6) is 11.5 Å². The lowest BCUT2D eigenvalue weighted by molar-refractivity contribution is -0.141. The largest absolute Gasteiger partial charge is 0.502 e. The van der Waals surface area contributed by atoms with Crippen molar-refractivity contribution in [2.45, 2.75) is 38.1 Å². The monoisotopic (exact) mass is 425 g/mol. The number of hydrogen-bond donors (Lipinski definition) is 1. The van der Waals surface area contributed by atoms with Crippen molar-refractivity contribution >= 4 is 12.0 Å². The average molecular weight is 425 g/mol. The summed E-state index contributed by atoms with van der Waals surface area (Å²) in [6.07, 6.45) is 5.28. The Hall–Kier alpha value is -3.06. The Balaban J connectivity index is 1.72. The molecule has 7 nitrogen and oxygen atoms in total. The fourth-order valence-corrected chi connectivity index (χ4v) is 4.18. The van der Waals surface area contributed by atoms with Crippen molar-refractivity contribution in [1.82, 2.24) is 4.90 Å².